The highest BCUT2D eigenvalue weighted by Gasteiger charge is 2.56. The van der Waals surface area contributed by atoms with Crippen molar-refractivity contribution in [2.24, 2.45) is 17.8 Å². The van der Waals surface area contributed by atoms with Crippen LogP contribution in [0.3, 0.4) is 0 Å². The third-order valence-electron chi connectivity index (χ3n) is 8.08. The summed E-state index contributed by atoms with van der Waals surface area (Å²) >= 11 is 1.59. The lowest BCUT2D eigenvalue weighted by Crippen LogP contribution is -2.34. The van der Waals surface area contributed by atoms with Crippen molar-refractivity contribution in [2.75, 3.05) is 6.61 Å². The summed E-state index contributed by atoms with van der Waals surface area (Å²) in [6, 6.07) is 11.3. The molecular weight excluding hydrogens is 482 g/mol. The predicted molar refractivity (Wildman–Crippen MR) is 147 cm³/mol. The number of phenolic OH excluding ortho intramolecular Hbond substituents is 1. The van der Waals surface area contributed by atoms with Crippen LogP contribution in [0.4, 0.5) is 0 Å². The number of rotatable bonds is 10. The van der Waals surface area contributed by atoms with Crippen molar-refractivity contribution >= 4 is 29.2 Å². The van der Waals surface area contributed by atoms with Crippen LogP contribution in [0.5, 0.6) is 5.75 Å². The van der Waals surface area contributed by atoms with Gasteiger partial charge in [-0.1, -0.05) is 62.1 Å². The number of fused-ring (bicyclic) bond motifs is 3. The van der Waals surface area contributed by atoms with Gasteiger partial charge in [0, 0.05) is 10.8 Å². The van der Waals surface area contributed by atoms with Gasteiger partial charge in [-0.25, -0.2) is 0 Å². The maximum atomic E-state index is 13.6. The average molecular weight is 520 g/mol. The molecule has 37 heavy (non-hydrogen) atoms. The molecule has 2 amide bonds. The first-order valence-electron chi connectivity index (χ1n) is 13.7. The summed E-state index contributed by atoms with van der Waals surface area (Å²) in [5.74, 6) is -0.251. The van der Waals surface area contributed by atoms with Crippen molar-refractivity contribution in [1.82, 2.24) is 4.90 Å². The average Bonchev–Trinajstić information content (AvgIpc) is 3.60. The van der Waals surface area contributed by atoms with E-state index in [4.69, 9.17) is 4.74 Å². The molecule has 2 fully saturated rings. The maximum Gasteiger partial charge on any atom is 0.234 e. The number of phenols is 1. The highest BCUT2D eigenvalue weighted by molar-refractivity contribution is 7.09. The van der Waals surface area contributed by atoms with Gasteiger partial charge < -0.3 is 9.84 Å². The molecule has 2 saturated heterocycles. The Morgan fingerprint density at radius 2 is 1.97 bits per heavy atom. The molecule has 1 aromatic carbocycles. The Bertz CT molecular complexity index is 1200. The molecule has 1 aliphatic carbocycles. The first kappa shape index (κ1) is 25.9. The molecule has 0 saturated carbocycles. The number of aromatic hydroxyl groups is 1. The van der Waals surface area contributed by atoms with Gasteiger partial charge in [0.2, 0.25) is 11.8 Å². The third-order valence-corrected chi connectivity index (χ3v) is 8.95. The Morgan fingerprint density at radius 3 is 2.70 bits per heavy atom. The minimum atomic E-state index is -0.286. The lowest BCUT2D eigenvalue weighted by atomic mass is 9.68. The van der Waals surface area contributed by atoms with Crippen LogP contribution >= 0.6 is 11.3 Å². The smallest absolute Gasteiger partial charge is 0.234 e. The number of thiophene rings is 1. The fourth-order valence-electron chi connectivity index (χ4n) is 6.55. The fourth-order valence-corrected chi connectivity index (χ4v) is 7.24. The number of nitrogens with zero attached hydrogens (tertiary/aromatic N) is 1. The van der Waals surface area contributed by atoms with Crippen molar-refractivity contribution in [2.45, 2.75) is 71.4 Å². The molecule has 0 bridgehead atoms. The van der Waals surface area contributed by atoms with E-state index in [1.807, 2.05) is 29.6 Å². The Kier molecular flexibility index (Phi) is 7.96. The summed E-state index contributed by atoms with van der Waals surface area (Å²) in [6.07, 6.45) is 8.72. The molecule has 0 spiro atoms. The van der Waals surface area contributed by atoms with E-state index in [0.29, 0.717) is 19.6 Å². The minimum Gasteiger partial charge on any atom is -0.508 e. The predicted octanol–water partition coefficient (Wildman–Crippen LogP) is 6.73. The summed E-state index contributed by atoms with van der Waals surface area (Å²) in [5, 5.41) is 11.9. The van der Waals surface area contributed by atoms with Crippen LogP contribution in [-0.4, -0.2) is 34.5 Å². The van der Waals surface area contributed by atoms with E-state index in [0.717, 1.165) is 49.0 Å². The summed E-state index contributed by atoms with van der Waals surface area (Å²) in [6.45, 7) is 5.28. The molecule has 3 heterocycles. The highest BCUT2D eigenvalue weighted by atomic mass is 32.1. The van der Waals surface area contributed by atoms with Gasteiger partial charge in [0.15, 0.2) is 0 Å². The topological polar surface area (TPSA) is 66.8 Å². The third kappa shape index (κ3) is 5.32. The molecular formula is C31H37NO4S. The first-order chi connectivity index (χ1) is 18.0. The number of carbonyl (C=O) groups is 2. The molecule has 2 aliphatic heterocycles. The number of imide groups is 1. The molecule has 0 radical (unpaired) electrons. The second-order valence-electron chi connectivity index (χ2n) is 10.6. The lowest BCUT2D eigenvalue weighted by molar-refractivity contribution is -0.140. The van der Waals surface area contributed by atoms with Crippen LogP contribution in [0.15, 0.2) is 58.5 Å². The van der Waals surface area contributed by atoms with Gasteiger partial charge in [0.05, 0.1) is 31.1 Å². The van der Waals surface area contributed by atoms with Gasteiger partial charge in [-0.3, -0.25) is 14.5 Å². The van der Waals surface area contributed by atoms with Crippen molar-refractivity contribution in [3.8, 4) is 5.75 Å². The van der Waals surface area contributed by atoms with Gasteiger partial charge in [0.1, 0.15) is 5.75 Å². The quantitative estimate of drug-likeness (QED) is 0.279. The number of benzene rings is 1. The van der Waals surface area contributed by atoms with Crippen LogP contribution in [0.25, 0.3) is 6.08 Å². The van der Waals surface area contributed by atoms with Crippen LogP contribution in [-0.2, 0) is 20.9 Å². The molecule has 1 N–H and O–H groups in total. The van der Waals surface area contributed by atoms with Crippen molar-refractivity contribution in [3.63, 3.8) is 0 Å². The molecule has 5 rings (SSSR count). The zero-order valence-corrected chi connectivity index (χ0v) is 22.6. The summed E-state index contributed by atoms with van der Waals surface area (Å²) < 4.78 is 6.40. The van der Waals surface area contributed by atoms with Crippen LogP contribution in [0.2, 0.25) is 0 Å². The van der Waals surface area contributed by atoms with Crippen molar-refractivity contribution in [1.29, 1.82) is 0 Å². The molecule has 196 valence electrons. The normalized spacial score (nSPS) is 25.7. The lowest BCUT2D eigenvalue weighted by Gasteiger charge is -2.32. The minimum absolute atomic E-state index is 0.00113. The Morgan fingerprint density at radius 1 is 1.11 bits per heavy atom. The van der Waals surface area contributed by atoms with Crippen LogP contribution in [0, 0.1) is 17.8 Å². The van der Waals surface area contributed by atoms with E-state index >= 15 is 0 Å². The summed E-state index contributed by atoms with van der Waals surface area (Å²) in [4.78, 5) is 29.5. The van der Waals surface area contributed by atoms with Gasteiger partial charge in [0.25, 0.3) is 0 Å². The molecule has 6 heteroatoms. The number of ether oxygens (including phenoxy) is 1. The van der Waals surface area contributed by atoms with Crippen molar-refractivity contribution in [3.05, 3.63) is 68.9 Å². The van der Waals surface area contributed by atoms with Gasteiger partial charge in [-0.15, -0.1) is 11.3 Å². The van der Waals surface area contributed by atoms with Gasteiger partial charge in [-0.2, -0.15) is 0 Å². The number of amides is 2. The molecule has 2 aromatic rings. The van der Waals surface area contributed by atoms with E-state index in [1.54, 1.807) is 23.5 Å². The summed E-state index contributed by atoms with van der Waals surface area (Å²) in [5.41, 5.74) is 5.03. The number of hydrogen-bond donors (Lipinski definition) is 1. The molecule has 1 aromatic heterocycles. The maximum absolute atomic E-state index is 13.6. The molecule has 4 atom stereocenters. The standard InChI is InChI=1S/C31H37NO4S/c1-3-7-20(15-21-9-5-10-23(33)16-21)12-13-27-28-22(8-4-2)17-25-29(26(28)19-36-27)31(35)32(30(25)34)18-24-11-6-14-37-24/h5-6,9-11,14-16,25-27,29,33H,3-4,7-8,12-13,17-19H2,1-2H3/b20-15+/t25-,26+,27-,29-/m1/s1. The largest absolute Gasteiger partial charge is 0.508 e. The molecule has 3 aliphatic rings. The zero-order valence-electron chi connectivity index (χ0n) is 21.8. The summed E-state index contributed by atoms with van der Waals surface area (Å²) in [7, 11) is 0. The van der Waals surface area contributed by atoms with E-state index in [9.17, 15) is 14.7 Å². The van der Waals surface area contributed by atoms with Crippen LogP contribution in [0.1, 0.15) is 69.2 Å². The first-order valence-corrected chi connectivity index (χ1v) is 14.6. The van der Waals surface area contributed by atoms with Crippen molar-refractivity contribution < 1.29 is 19.4 Å². The second-order valence-corrected chi connectivity index (χ2v) is 11.6. The Labute approximate surface area is 223 Å². The number of allylic oxidation sites excluding steroid dienone is 2. The number of hydrogen-bond acceptors (Lipinski definition) is 5. The second kappa shape index (κ2) is 11.4. The number of likely N-dealkylation sites (tertiary alicyclic amines) is 1. The highest BCUT2D eigenvalue weighted by Crippen LogP contribution is 2.51. The van der Waals surface area contributed by atoms with Crippen LogP contribution < -0.4 is 0 Å². The fraction of sp³-hybridized carbons (Fsp3) is 0.484. The van der Waals surface area contributed by atoms with E-state index in [1.165, 1.54) is 21.6 Å². The SMILES string of the molecule is CCCC1=C2[C@@H](CC/C(=C/c3cccc(O)c3)CCC)OC[C@@H]2[C@@H]2C(=O)N(Cc3cccs3)C(=O)[C@@H]2C1. The van der Waals surface area contributed by atoms with Gasteiger partial charge in [-0.05, 0) is 66.8 Å². The number of carbonyl (C=O) groups excluding carboxylic acids is 2. The van der Waals surface area contributed by atoms with Gasteiger partial charge >= 0.3 is 0 Å². The molecule has 5 nitrogen and oxygen atoms in total. The monoisotopic (exact) mass is 519 g/mol. The Hall–Kier alpha value is -2.70. The Balaban J connectivity index is 1.35. The molecule has 0 unspecified atom stereocenters. The zero-order chi connectivity index (χ0) is 25.9. The van der Waals surface area contributed by atoms with E-state index < -0.39 is 0 Å². The van der Waals surface area contributed by atoms with E-state index in [-0.39, 0.29) is 41.4 Å². The van der Waals surface area contributed by atoms with E-state index in [2.05, 4.69) is 19.9 Å².